The van der Waals surface area contributed by atoms with E-state index in [4.69, 9.17) is 22.1 Å². The Morgan fingerprint density at radius 2 is 2.00 bits per heavy atom. The second kappa shape index (κ2) is 9.49. The van der Waals surface area contributed by atoms with Gasteiger partial charge >= 0.3 is 6.09 Å². The molecule has 1 atom stereocenters. The number of hydrogen-bond donors (Lipinski definition) is 2. The number of nitrogens with two attached hydrogens (primary N) is 1. The lowest BCUT2D eigenvalue weighted by Gasteiger charge is -2.31. The number of aromatic nitrogens is 2. The number of halogens is 1. The number of rotatable bonds is 6. The van der Waals surface area contributed by atoms with Crippen molar-refractivity contribution in [2.24, 2.45) is 11.7 Å². The van der Waals surface area contributed by atoms with Gasteiger partial charge in [-0.2, -0.15) is 0 Å². The number of carbonyl (C=O) groups excluding carboxylic acids is 1. The third-order valence-electron chi connectivity index (χ3n) is 5.78. The zero-order chi connectivity index (χ0) is 20.9. The van der Waals surface area contributed by atoms with Crippen LogP contribution in [-0.4, -0.2) is 34.1 Å². The van der Waals surface area contributed by atoms with E-state index in [9.17, 15) is 4.79 Å². The number of piperidine rings is 1. The number of nitrogens with one attached hydrogen (secondary N) is 1. The van der Waals surface area contributed by atoms with Gasteiger partial charge in [-0.25, -0.2) is 9.78 Å². The molecular weight excluding hydrogens is 400 g/mol. The minimum Gasteiger partial charge on any atom is -0.445 e. The van der Waals surface area contributed by atoms with Crippen molar-refractivity contribution in [3.05, 3.63) is 64.9 Å². The molecule has 0 bridgehead atoms. The Bertz CT molecular complexity index is 983. The van der Waals surface area contributed by atoms with Crippen LogP contribution in [0.4, 0.5) is 4.79 Å². The fourth-order valence-corrected chi connectivity index (χ4v) is 4.12. The van der Waals surface area contributed by atoms with E-state index in [1.165, 1.54) is 0 Å². The van der Waals surface area contributed by atoms with Gasteiger partial charge in [0.05, 0.1) is 17.1 Å². The van der Waals surface area contributed by atoms with Crippen LogP contribution in [0.5, 0.6) is 0 Å². The topological polar surface area (TPSA) is 84.2 Å². The molecule has 158 valence electrons. The molecule has 0 aliphatic carbocycles. The Balaban J connectivity index is 1.21. The molecule has 1 fully saturated rings. The number of aromatic amines is 1. The van der Waals surface area contributed by atoms with Crippen LogP contribution in [0.15, 0.2) is 48.5 Å². The van der Waals surface area contributed by atoms with Gasteiger partial charge < -0.3 is 20.4 Å². The van der Waals surface area contributed by atoms with Crippen molar-refractivity contribution in [3.63, 3.8) is 0 Å². The van der Waals surface area contributed by atoms with Gasteiger partial charge in [-0.1, -0.05) is 41.9 Å². The second-order valence-corrected chi connectivity index (χ2v) is 8.37. The zero-order valence-corrected chi connectivity index (χ0v) is 17.6. The fourth-order valence-electron chi connectivity index (χ4n) is 3.94. The molecule has 4 rings (SSSR count). The molecule has 1 aromatic heterocycles. The maximum atomic E-state index is 12.3. The number of hydrogen-bond acceptors (Lipinski definition) is 4. The molecule has 1 saturated heterocycles. The SMILES string of the molecule is N[C@@H](CCC1CCN(C(=O)OCc2ccccc2)CC1)c1nc2ccc(Cl)cc2[nH]1. The van der Waals surface area contributed by atoms with E-state index in [-0.39, 0.29) is 12.1 Å². The summed E-state index contributed by atoms with van der Waals surface area (Å²) >= 11 is 6.04. The van der Waals surface area contributed by atoms with Crippen molar-refractivity contribution < 1.29 is 9.53 Å². The van der Waals surface area contributed by atoms with E-state index in [1.807, 2.05) is 53.4 Å². The zero-order valence-electron chi connectivity index (χ0n) is 16.9. The Kier molecular flexibility index (Phi) is 6.55. The first-order valence-corrected chi connectivity index (χ1v) is 10.8. The smallest absolute Gasteiger partial charge is 0.410 e. The highest BCUT2D eigenvalue weighted by atomic mass is 35.5. The van der Waals surface area contributed by atoms with E-state index >= 15 is 0 Å². The van der Waals surface area contributed by atoms with Crippen LogP contribution in [0.3, 0.4) is 0 Å². The number of fused-ring (bicyclic) bond motifs is 1. The highest BCUT2D eigenvalue weighted by Gasteiger charge is 2.24. The Labute approximate surface area is 181 Å². The number of likely N-dealkylation sites (tertiary alicyclic amines) is 1. The number of benzene rings is 2. The quantitative estimate of drug-likeness (QED) is 0.577. The monoisotopic (exact) mass is 426 g/mol. The summed E-state index contributed by atoms with van der Waals surface area (Å²) in [5.74, 6) is 1.36. The Morgan fingerprint density at radius 1 is 1.23 bits per heavy atom. The van der Waals surface area contributed by atoms with Crippen LogP contribution in [0.1, 0.15) is 43.1 Å². The highest BCUT2D eigenvalue weighted by molar-refractivity contribution is 6.31. The molecule has 1 amide bonds. The lowest BCUT2D eigenvalue weighted by molar-refractivity contribution is 0.0811. The van der Waals surface area contributed by atoms with Gasteiger partial charge in [0.1, 0.15) is 12.4 Å². The van der Waals surface area contributed by atoms with E-state index in [2.05, 4.69) is 9.97 Å². The van der Waals surface area contributed by atoms with Crippen molar-refractivity contribution in [3.8, 4) is 0 Å². The third-order valence-corrected chi connectivity index (χ3v) is 6.01. The molecule has 6 nitrogen and oxygen atoms in total. The number of imidazole rings is 1. The summed E-state index contributed by atoms with van der Waals surface area (Å²) in [6, 6.07) is 15.2. The Morgan fingerprint density at radius 3 is 2.77 bits per heavy atom. The van der Waals surface area contributed by atoms with Gasteiger partial charge in [-0.3, -0.25) is 0 Å². The second-order valence-electron chi connectivity index (χ2n) is 7.94. The normalized spacial score (nSPS) is 16.0. The molecule has 0 radical (unpaired) electrons. The van der Waals surface area contributed by atoms with E-state index < -0.39 is 0 Å². The summed E-state index contributed by atoms with van der Waals surface area (Å²) < 4.78 is 5.44. The number of amides is 1. The van der Waals surface area contributed by atoms with E-state index in [0.717, 1.165) is 61.2 Å². The number of nitrogens with zero attached hydrogens (tertiary/aromatic N) is 2. The van der Waals surface area contributed by atoms with Gasteiger partial charge in [0.25, 0.3) is 0 Å². The van der Waals surface area contributed by atoms with Crippen molar-refractivity contribution >= 4 is 28.7 Å². The highest BCUT2D eigenvalue weighted by Crippen LogP contribution is 2.27. The van der Waals surface area contributed by atoms with Crippen LogP contribution in [0.25, 0.3) is 11.0 Å². The van der Waals surface area contributed by atoms with Crippen LogP contribution in [0.2, 0.25) is 5.02 Å². The van der Waals surface area contributed by atoms with Crippen LogP contribution in [-0.2, 0) is 11.3 Å². The molecule has 1 aliphatic rings. The fraction of sp³-hybridized carbons (Fsp3) is 0.391. The first-order chi connectivity index (χ1) is 14.6. The van der Waals surface area contributed by atoms with Crippen molar-refractivity contribution in [2.45, 2.75) is 38.3 Å². The lowest BCUT2D eigenvalue weighted by Crippen LogP contribution is -2.38. The molecular formula is C23H27ClN4O2. The predicted octanol–water partition coefficient (Wildman–Crippen LogP) is 5.05. The first-order valence-electron chi connectivity index (χ1n) is 10.4. The van der Waals surface area contributed by atoms with Gasteiger partial charge in [0, 0.05) is 18.1 Å². The summed E-state index contributed by atoms with van der Waals surface area (Å²) in [4.78, 5) is 22.0. The molecule has 0 saturated carbocycles. The third kappa shape index (κ3) is 5.12. The van der Waals surface area contributed by atoms with Gasteiger partial charge in [0.15, 0.2) is 0 Å². The largest absolute Gasteiger partial charge is 0.445 e. The van der Waals surface area contributed by atoms with E-state index in [0.29, 0.717) is 17.5 Å². The molecule has 3 N–H and O–H groups in total. The molecule has 3 aromatic rings. The number of ether oxygens (including phenoxy) is 1. The summed E-state index contributed by atoms with van der Waals surface area (Å²) in [5, 5.41) is 0.681. The summed E-state index contributed by atoms with van der Waals surface area (Å²) in [6.45, 7) is 1.78. The standard InChI is InChI=1S/C23H27ClN4O2/c24-18-7-9-20-21(14-18)27-22(26-20)19(25)8-6-16-10-12-28(13-11-16)23(29)30-15-17-4-2-1-3-5-17/h1-5,7,9,14,16,19H,6,8,10-13,15,25H2,(H,26,27)/t19-/m0/s1. The summed E-state index contributed by atoms with van der Waals surface area (Å²) in [7, 11) is 0. The number of H-pyrrole nitrogens is 1. The summed E-state index contributed by atoms with van der Waals surface area (Å²) in [5.41, 5.74) is 9.17. The van der Waals surface area contributed by atoms with Crippen molar-refractivity contribution in [1.29, 1.82) is 0 Å². The molecule has 0 spiro atoms. The van der Waals surface area contributed by atoms with Crippen molar-refractivity contribution in [1.82, 2.24) is 14.9 Å². The maximum Gasteiger partial charge on any atom is 0.410 e. The predicted molar refractivity (Wildman–Crippen MR) is 118 cm³/mol. The average Bonchev–Trinajstić information content (AvgIpc) is 3.20. The lowest BCUT2D eigenvalue weighted by atomic mass is 9.91. The minimum atomic E-state index is -0.227. The average molecular weight is 427 g/mol. The molecule has 7 heteroatoms. The van der Waals surface area contributed by atoms with Gasteiger partial charge in [-0.15, -0.1) is 0 Å². The Hall–Kier alpha value is -2.57. The van der Waals surface area contributed by atoms with Crippen molar-refractivity contribution in [2.75, 3.05) is 13.1 Å². The van der Waals surface area contributed by atoms with Crippen LogP contribution in [0, 0.1) is 5.92 Å². The van der Waals surface area contributed by atoms with Crippen LogP contribution < -0.4 is 5.73 Å². The van der Waals surface area contributed by atoms with Crippen LogP contribution >= 0.6 is 11.6 Å². The molecule has 30 heavy (non-hydrogen) atoms. The molecule has 2 aromatic carbocycles. The number of carbonyl (C=O) groups is 1. The summed E-state index contributed by atoms with van der Waals surface area (Å²) in [6.07, 6.45) is 3.60. The first kappa shape index (κ1) is 20.7. The molecule has 0 unspecified atom stereocenters. The maximum absolute atomic E-state index is 12.3. The van der Waals surface area contributed by atoms with Gasteiger partial charge in [-0.05, 0) is 55.4 Å². The minimum absolute atomic E-state index is 0.134. The molecule has 1 aliphatic heterocycles. The van der Waals surface area contributed by atoms with E-state index in [1.54, 1.807) is 0 Å². The van der Waals surface area contributed by atoms with Gasteiger partial charge in [0.2, 0.25) is 0 Å². The molecule has 2 heterocycles.